The lowest BCUT2D eigenvalue weighted by Gasteiger charge is -2.07. The van der Waals surface area contributed by atoms with Crippen LogP contribution in [0.4, 0.5) is 5.69 Å². The number of benzene rings is 2. The van der Waals surface area contributed by atoms with Crippen molar-refractivity contribution in [2.24, 2.45) is 0 Å². The Hall–Kier alpha value is -3.68. The predicted molar refractivity (Wildman–Crippen MR) is 108 cm³/mol. The minimum Gasteiger partial charge on any atom is -0.494 e. The summed E-state index contributed by atoms with van der Waals surface area (Å²) >= 11 is 0. The molecule has 0 aliphatic heterocycles. The largest absolute Gasteiger partial charge is 0.494 e. The summed E-state index contributed by atoms with van der Waals surface area (Å²) in [5.41, 5.74) is 1.93. The van der Waals surface area contributed by atoms with E-state index in [2.05, 4.69) is 10.4 Å². The Labute approximate surface area is 168 Å². The van der Waals surface area contributed by atoms with Crippen molar-refractivity contribution >= 4 is 11.6 Å². The Balaban J connectivity index is 1.43. The molecule has 0 aliphatic rings. The quantitative estimate of drug-likeness (QED) is 0.339. The van der Waals surface area contributed by atoms with Crippen LogP contribution in [0.5, 0.6) is 5.75 Å². The molecule has 2 aromatic carbocycles. The SMILES string of the molecule is Cc1ccc(OCCCCNC(=O)c2ccn(-c3cccc([N+](=O)[O-])c3)n2)cc1. The highest BCUT2D eigenvalue weighted by Crippen LogP contribution is 2.16. The second-order valence-corrected chi connectivity index (χ2v) is 6.55. The van der Waals surface area contributed by atoms with E-state index in [0.717, 1.165) is 18.6 Å². The fourth-order valence-electron chi connectivity index (χ4n) is 2.68. The molecule has 3 aromatic rings. The molecule has 1 N–H and O–H groups in total. The van der Waals surface area contributed by atoms with E-state index < -0.39 is 4.92 Å². The summed E-state index contributed by atoms with van der Waals surface area (Å²) in [6, 6.07) is 15.5. The van der Waals surface area contributed by atoms with E-state index in [9.17, 15) is 14.9 Å². The average molecular weight is 394 g/mol. The fraction of sp³-hybridized carbons (Fsp3) is 0.238. The number of non-ortho nitro benzene ring substituents is 1. The molecule has 1 aromatic heterocycles. The highest BCUT2D eigenvalue weighted by atomic mass is 16.6. The number of hydrogen-bond donors (Lipinski definition) is 1. The number of carbonyl (C=O) groups excluding carboxylic acids is 1. The number of aromatic nitrogens is 2. The van der Waals surface area contributed by atoms with E-state index in [-0.39, 0.29) is 17.3 Å². The Morgan fingerprint density at radius 1 is 1.17 bits per heavy atom. The predicted octanol–water partition coefficient (Wildman–Crippen LogP) is 3.68. The van der Waals surface area contributed by atoms with Gasteiger partial charge in [0.1, 0.15) is 5.75 Å². The second kappa shape index (κ2) is 9.50. The number of nitrogens with one attached hydrogen (secondary N) is 1. The zero-order chi connectivity index (χ0) is 20.6. The third kappa shape index (κ3) is 5.65. The van der Waals surface area contributed by atoms with Crippen LogP contribution in [-0.2, 0) is 0 Å². The van der Waals surface area contributed by atoms with E-state index in [1.54, 1.807) is 24.4 Å². The number of ether oxygens (including phenoxy) is 1. The van der Waals surface area contributed by atoms with Crippen molar-refractivity contribution in [2.45, 2.75) is 19.8 Å². The van der Waals surface area contributed by atoms with Crippen LogP contribution in [-0.4, -0.2) is 33.8 Å². The van der Waals surface area contributed by atoms with Crippen LogP contribution in [0.15, 0.2) is 60.8 Å². The Morgan fingerprint density at radius 3 is 2.72 bits per heavy atom. The van der Waals surface area contributed by atoms with E-state index in [4.69, 9.17) is 4.74 Å². The van der Waals surface area contributed by atoms with Crippen LogP contribution >= 0.6 is 0 Å². The first-order valence-electron chi connectivity index (χ1n) is 9.31. The maximum atomic E-state index is 12.2. The van der Waals surface area contributed by atoms with Crippen molar-refractivity contribution < 1.29 is 14.5 Å². The zero-order valence-electron chi connectivity index (χ0n) is 16.1. The molecule has 0 unspecified atom stereocenters. The van der Waals surface area contributed by atoms with Crippen LogP contribution in [0.2, 0.25) is 0 Å². The standard InChI is InChI=1S/C21H22N4O4/c1-16-7-9-19(10-8-16)29-14-3-2-12-22-21(26)20-11-13-24(23-20)17-5-4-6-18(15-17)25(27)28/h4-11,13,15H,2-3,12,14H2,1H3,(H,22,26). The van der Waals surface area contributed by atoms with Crippen molar-refractivity contribution in [2.75, 3.05) is 13.2 Å². The molecule has 1 heterocycles. The lowest BCUT2D eigenvalue weighted by Crippen LogP contribution is -2.25. The van der Waals surface area contributed by atoms with Gasteiger partial charge in [0.2, 0.25) is 0 Å². The second-order valence-electron chi connectivity index (χ2n) is 6.55. The molecule has 0 bridgehead atoms. The molecule has 0 atom stereocenters. The molecule has 8 nitrogen and oxygen atoms in total. The van der Waals surface area contributed by atoms with E-state index >= 15 is 0 Å². The van der Waals surface area contributed by atoms with Gasteiger partial charge in [-0.1, -0.05) is 23.8 Å². The molecule has 0 radical (unpaired) electrons. The average Bonchev–Trinajstić information content (AvgIpc) is 3.22. The summed E-state index contributed by atoms with van der Waals surface area (Å²) in [4.78, 5) is 22.6. The number of carbonyl (C=O) groups is 1. The van der Waals surface area contributed by atoms with Crippen molar-refractivity contribution in [1.29, 1.82) is 0 Å². The van der Waals surface area contributed by atoms with Crippen LogP contribution in [0.1, 0.15) is 28.9 Å². The first-order chi connectivity index (χ1) is 14.0. The number of nitro groups is 1. The zero-order valence-corrected chi connectivity index (χ0v) is 16.1. The van der Waals surface area contributed by atoms with Gasteiger partial charge < -0.3 is 10.1 Å². The first-order valence-corrected chi connectivity index (χ1v) is 9.31. The maximum Gasteiger partial charge on any atom is 0.271 e. The van der Waals surface area contributed by atoms with Gasteiger partial charge in [-0.05, 0) is 44.0 Å². The number of hydrogen-bond acceptors (Lipinski definition) is 5. The fourth-order valence-corrected chi connectivity index (χ4v) is 2.68. The van der Waals surface area contributed by atoms with Crippen molar-refractivity contribution in [3.63, 3.8) is 0 Å². The van der Waals surface area contributed by atoms with Gasteiger partial charge in [-0.15, -0.1) is 0 Å². The molecular weight excluding hydrogens is 372 g/mol. The highest BCUT2D eigenvalue weighted by Gasteiger charge is 2.11. The molecule has 0 fully saturated rings. The normalized spacial score (nSPS) is 10.5. The summed E-state index contributed by atoms with van der Waals surface area (Å²) < 4.78 is 7.10. The molecule has 150 valence electrons. The van der Waals surface area contributed by atoms with Crippen molar-refractivity contribution in [3.05, 3.63) is 82.2 Å². The molecule has 1 amide bonds. The highest BCUT2D eigenvalue weighted by molar-refractivity contribution is 5.92. The molecule has 0 saturated heterocycles. The summed E-state index contributed by atoms with van der Waals surface area (Å²) in [5.74, 6) is 0.556. The smallest absolute Gasteiger partial charge is 0.271 e. The third-order valence-electron chi connectivity index (χ3n) is 4.27. The van der Waals surface area contributed by atoms with Crippen molar-refractivity contribution in [1.82, 2.24) is 15.1 Å². The molecular formula is C21H22N4O4. The third-order valence-corrected chi connectivity index (χ3v) is 4.27. The van der Waals surface area contributed by atoms with E-state index in [0.29, 0.717) is 18.8 Å². The van der Waals surface area contributed by atoms with Gasteiger partial charge >= 0.3 is 0 Å². The van der Waals surface area contributed by atoms with Gasteiger partial charge in [-0.25, -0.2) is 4.68 Å². The minimum atomic E-state index is -0.469. The van der Waals surface area contributed by atoms with E-state index in [1.165, 1.54) is 22.4 Å². The van der Waals surface area contributed by atoms with Crippen LogP contribution in [0.25, 0.3) is 5.69 Å². The molecule has 0 saturated carbocycles. The molecule has 8 heteroatoms. The summed E-state index contributed by atoms with van der Waals surface area (Å²) in [7, 11) is 0. The number of aryl methyl sites for hydroxylation is 1. The maximum absolute atomic E-state index is 12.2. The van der Waals surface area contributed by atoms with Crippen molar-refractivity contribution in [3.8, 4) is 11.4 Å². The molecule has 0 aliphatic carbocycles. The van der Waals surface area contributed by atoms with Crippen LogP contribution in [0.3, 0.4) is 0 Å². The van der Waals surface area contributed by atoms with Gasteiger partial charge in [0.15, 0.2) is 5.69 Å². The Morgan fingerprint density at radius 2 is 1.97 bits per heavy atom. The molecule has 3 rings (SSSR count). The van der Waals surface area contributed by atoms with Gasteiger partial charge in [-0.2, -0.15) is 5.10 Å². The summed E-state index contributed by atoms with van der Waals surface area (Å²) in [5, 5.41) is 17.9. The first kappa shape index (κ1) is 20.1. The summed E-state index contributed by atoms with van der Waals surface area (Å²) in [6.45, 7) is 3.12. The number of nitrogens with zero attached hydrogens (tertiary/aromatic N) is 3. The van der Waals surface area contributed by atoms with Crippen LogP contribution < -0.4 is 10.1 Å². The topological polar surface area (TPSA) is 99.3 Å². The molecule has 29 heavy (non-hydrogen) atoms. The van der Waals surface area contributed by atoms with Gasteiger partial charge in [0.05, 0.1) is 17.2 Å². The lowest BCUT2D eigenvalue weighted by molar-refractivity contribution is -0.384. The Bertz CT molecular complexity index is 982. The number of rotatable bonds is 9. The van der Waals surface area contributed by atoms with Gasteiger partial charge in [0, 0.05) is 24.9 Å². The molecule has 0 spiro atoms. The Kier molecular flexibility index (Phi) is 6.57. The van der Waals surface area contributed by atoms with E-state index in [1.807, 2.05) is 31.2 Å². The minimum absolute atomic E-state index is 0.0307. The van der Waals surface area contributed by atoms with Gasteiger partial charge in [0.25, 0.3) is 11.6 Å². The number of amides is 1. The number of unbranched alkanes of at least 4 members (excludes halogenated alkanes) is 1. The van der Waals surface area contributed by atoms with Gasteiger partial charge in [-0.3, -0.25) is 14.9 Å². The number of nitro benzene ring substituents is 1. The monoisotopic (exact) mass is 394 g/mol. The van der Waals surface area contributed by atoms with Crippen LogP contribution in [0, 0.1) is 17.0 Å². The lowest BCUT2D eigenvalue weighted by atomic mass is 10.2. The summed E-state index contributed by atoms with van der Waals surface area (Å²) in [6.07, 6.45) is 3.20.